The summed E-state index contributed by atoms with van der Waals surface area (Å²) in [7, 11) is 0. The number of imidazole rings is 1. The molecule has 0 unspecified atom stereocenters. The van der Waals surface area contributed by atoms with E-state index in [1.165, 1.54) is 6.33 Å². The van der Waals surface area contributed by atoms with Crippen LogP contribution in [-0.2, 0) is 11.2 Å². The number of nitrogen functional groups attached to an aromatic ring is 1. The van der Waals surface area contributed by atoms with Crippen molar-refractivity contribution in [1.82, 2.24) is 19.5 Å². The van der Waals surface area contributed by atoms with Gasteiger partial charge < -0.3 is 25.8 Å². The quantitative estimate of drug-likeness (QED) is 0.427. The molecule has 4 atom stereocenters. The highest BCUT2D eigenvalue weighted by molar-refractivity contribution is 7.81. The number of ether oxygens (including phenoxy) is 1. The van der Waals surface area contributed by atoms with Gasteiger partial charge in [-0.25, -0.2) is 15.0 Å². The van der Waals surface area contributed by atoms with Crippen LogP contribution in [0.4, 0.5) is 5.82 Å². The van der Waals surface area contributed by atoms with Crippen LogP contribution in [0.15, 0.2) is 6.33 Å². The minimum Gasteiger partial charge on any atom is -0.396 e. The van der Waals surface area contributed by atoms with Crippen LogP contribution in [0.2, 0.25) is 0 Å². The molecule has 1 aliphatic rings. The fraction of sp³-hybridized carbons (Fsp3) is 0.583. The summed E-state index contributed by atoms with van der Waals surface area (Å²) >= 11 is 4.35. The van der Waals surface area contributed by atoms with Crippen molar-refractivity contribution in [3.63, 3.8) is 0 Å². The number of nitrogens with zero attached hydrogens (tertiary/aromatic N) is 4. The van der Waals surface area contributed by atoms with Crippen molar-refractivity contribution in [3.05, 3.63) is 12.2 Å². The molecule has 120 valence electrons. The Morgan fingerprint density at radius 3 is 2.77 bits per heavy atom. The molecule has 10 heteroatoms. The van der Waals surface area contributed by atoms with E-state index >= 15 is 0 Å². The molecule has 2 aromatic heterocycles. The van der Waals surface area contributed by atoms with Crippen LogP contribution in [0.25, 0.3) is 11.2 Å². The normalized spacial score (nSPS) is 28.5. The zero-order chi connectivity index (χ0) is 15.9. The number of aliphatic hydroxyl groups excluding tert-OH is 3. The molecule has 2 aromatic rings. The number of fused-ring (bicyclic) bond motifs is 1. The number of aliphatic hydroxyl groups is 3. The van der Waals surface area contributed by atoms with E-state index in [0.717, 1.165) is 0 Å². The standard InChI is InChI=1S/C12H17N5O4S/c13-10-7-11(16-6(15-10)1-2-18)17(4-14-7)12-9(22)8(20)5(3-19)21-12/h4-5,8-9,12,18-20,22H,1-3H2,(H2,13,15,16)/t5-,8-,9-,12-/m1/s1. The Morgan fingerprint density at radius 2 is 2.14 bits per heavy atom. The molecular formula is C12H17N5O4S. The first-order valence-corrected chi connectivity index (χ1v) is 7.30. The van der Waals surface area contributed by atoms with E-state index in [2.05, 4.69) is 27.6 Å². The average molecular weight is 327 g/mol. The molecule has 1 aliphatic heterocycles. The summed E-state index contributed by atoms with van der Waals surface area (Å²) in [6.07, 6.45) is -0.522. The minimum atomic E-state index is -0.910. The highest BCUT2D eigenvalue weighted by Crippen LogP contribution is 2.35. The maximum absolute atomic E-state index is 10.0. The van der Waals surface area contributed by atoms with Gasteiger partial charge in [0.05, 0.1) is 30.9 Å². The third kappa shape index (κ3) is 2.42. The predicted octanol–water partition coefficient (Wildman–Crippen LogP) is -1.51. The fourth-order valence-corrected chi connectivity index (χ4v) is 2.90. The summed E-state index contributed by atoms with van der Waals surface area (Å²) in [6, 6.07) is 0. The Kier molecular flexibility index (Phi) is 4.19. The Morgan fingerprint density at radius 1 is 1.36 bits per heavy atom. The second-order valence-corrected chi connectivity index (χ2v) is 5.65. The van der Waals surface area contributed by atoms with Crippen LogP contribution in [0.3, 0.4) is 0 Å². The number of rotatable bonds is 4. The van der Waals surface area contributed by atoms with Crippen molar-refractivity contribution in [2.75, 3.05) is 18.9 Å². The van der Waals surface area contributed by atoms with Gasteiger partial charge in [0, 0.05) is 6.42 Å². The Labute approximate surface area is 131 Å². The van der Waals surface area contributed by atoms with Gasteiger partial charge in [-0.3, -0.25) is 4.57 Å². The number of nitrogens with two attached hydrogens (primary N) is 1. The molecule has 1 saturated heterocycles. The van der Waals surface area contributed by atoms with Gasteiger partial charge in [0.2, 0.25) is 0 Å². The topological polar surface area (TPSA) is 140 Å². The summed E-state index contributed by atoms with van der Waals surface area (Å²) in [5.41, 5.74) is 6.70. The van der Waals surface area contributed by atoms with Crippen molar-refractivity contribution in [2.45, 2.75) is 30.1 Å². The summed E-state index contributed by atoms with van der Waals surface area (Å²) in [5.74, 6) is 0.599. The van der Waals surface area contributed by atoms with Crippen molar-refractivity contribution in [1.29, 1.82) is 0 Å². The van der Waals surface area contributed by atoms with E-state index in [4.69, 9.17) is 15.6 Å². The van der Waals surface area contributed by atoms with Crippen LogP contribution < -0.4 is 5.73 Å². The maximum Gasteiger partial charge on any atom is 0.167 e. The van der Waals surface area contributed by atoms with E-state index in [9.17, 15) is 10.2 Å². The molecule has 0 aliphatic carbocycles. The zero-order valence-electron chi connectivity index (χ0n) is 11.6. The number of hydrogen-bond acceptors (Lipinski definition) is 9. The molecule has 0 spiro atoms. The lowest BCUT2D eigenvalue weighted by atomic mass is 10.2. The first kappa shape index (κ1) is 15.4. The first-order chi connectivity index (χ1) is 10.6. The van der Waals surface area contributed by atoms with Gasteiger partial charge in [0.1, 0.15) is 17.4 Å². The lowest BCUT2D eigenvalue weighted by Gasteiger charge is -2.17. The second-order valence-electron chi connectivity index (χ2n) is 5.05. The van der Waals surface area contributed by atoms with Gasteiger partial charge in [-0.15, -0.1) is 0 Å². The molecule has 0 radical (unpaired) electrons. The lowest BCUT2D eigenvalue weighted by molar-refractivity contribution is -0.0430. The second kappa shape index (κ2) is 5.97. The molecule has 0 aromatic carbocycles. The lowest BCUT2D eigenvalue weighted by Crippen LogP contribution is -2.30. The van der Waals surface area contributed by atoms with Crippen molar-refractivity contribution in [3.8, 4) is 0 Å². The number of thiol groups is 1. The smallest absolute Gasteiger partial charge is 0.167 e. The molecule has 3 heterocycles. The van der Waals surface area contributed by atoms with Gasteiger partial charge in [-0.1, -0.05) is 0 Å². The zero-order valence-corrected chi connectivity index (χ0v) is 12.5. The van der Waals surface area contributed by atoms with E-state index in [-0.39, 0.29) is 25.5 Å². The van der Waals surface area contributed by atoms with Gasteiger partial charge >= 0.3 is 0 Å². The van der Waals surface area contributed by atoms with E-state index in [1.807, 2.05) is 0 Å². The highest BCUT2D eigenvalue weighted by atomic mass is 32.1. The van der Waals surface area contributed by atoms with Crippen LogP contribution >= 0.6 is 12.6 Å². The maximum atomic E-state index is 10.0. The van der Waals surface area contributed by atoms with Crippen molar-refractivity contribution in [2.24, 2.45) is 0 Å². The van der Waals surface area contributed by atoms with Crippen LogP contribution in [0, 0.1) is 0 Å². The molecule has 0 amide bonds. The fourth-order valence-electron chi connectivity index (χ4n) is 2.49. The molecule has 3 rings (SSSR count). The third-order valence-electron chi connectivity index (χ3n) is 3.62. The molecule has 1 fully saturated rings. The van der Waals surface area contributed by atoms with Crippen molar-refractivity contribution >= 4 is 29.6 Å². The van der Waals surface area contributed by atoms with E-state index in [1.54, 1.807) is 4.57 Å². The van der Waals surface area contributed by atoms with E-state index < -0.39 is 23.7 Å². The monoisotopic (exact) mass is 327 g/mol. The van der Waals surface area contributed by atoms with Crippen LogP contribution in [-0.4, -0.2) is 65.5 Å². The molecule has 22 heavy (non-hydrogen) atoms. The highest BCUT2D eigenvalue weighted by Gasteiger charge is 2.43. The van der Waals surface area contributed by atoms with Crippen molar-refractivity contribution < 1.29 is 20.1 Å². The number of hydrogen-bond donors (Lipinski definition) is 5. The third-order valence-corrected chi connectivity index (χ3v) is 4.18. The summed E-state index contributed by atoms with van der Waals surface area (Å²) in [6.45, 7) is -0.409. The van der Waals surface area contributed by atoms with Gasteiger partial charge in [-0.05, 0) is 0 Å². The number of aromatic nitrogens is 4. The van der Waals surface area contributed by atoms with E-state index in [0.29, 0.717) is 17.0 Å². The predicted molar refractivity (Wildman–Crippen MR) is 80.3 cm³/mol. The molecular weight excluding hydrogens is 310 g/mol. The molecule has 9 nitrogen and oxygen atoms in total. The summed E-state index contributed by atoms with van der Waals surface area (Å²) in [4.78, 5) is 12.6. The minimum absolute atomic E-state index is 0.0977. The molecule has 5 N–H and O–H groups in total. The average Bonchev–Trinajstić information content (AvgIpc) is 3.03. The molecule has 0 bridgehead atoms. The summed E-state index contributed by atoms with van der Waals surface area (Å²) in [5, 5.41) is 27.7. The first-order valence-electron chi connectivity index (χ1n) is 6.79. The Bertz CT molecular complexity index is 681. The van der Waals surface area contributed by atoms with Gasteiger partial charge in [0.15, 0.2) is 17.7 Å². The summed E-state index contributed by atoms with van der Waals surface area (Å²) < 4.78 is 7.23. The Balaban J connectivity index is 2.04. The molecule has 0 saturated carbocycles. The van der Waals surface area contributed by atoms with Crippen LogP contribution in [0.1, 0.15) is 12.1 Å². The SMILES string of the molecule is Nc1nc(CCO)nc2c1ncn2[C@@H]1O[C@H](CO)[C@@H](O)[C@H]1S. The Hall–Kier alpha value is -1.46. The van der Waals surface area contributed by atoms with Gasteiger partial charge in [0.25, 0.3) is 0 Å². The number of anilines is 1. The largest absolute Gasteiger partial charge is 0.396 e. The van der Waals surface area contributed by atoms with Gasteiger partial charge in [-0.2, -0.15) is 12.6 Å². The van der Waals surface area contributed by atoms with Crippen LogP contribution in [0.5, 0.6) is 0 Å².